The van der Waals surface area contributed by atoms with E-state index in [9.17, 15) is 13.2 Å². The van der Waals surface area contributed by atoms with Crippen LogP contribution in [0.1, 0.15) is 13.3 Å². The summed E-state index contributed by atoms with van der Waals surface area (Å²) in [7, 11) is -2.98. The van der Waals surface area contributed by atoms with Gasteiger partial charge in [-0.2, -0.15) is 0 Å². The van der Waals surface area contributed by atoms with E-state index in [1.807, 2.05) is 0 Å². The number of nitrogens with zero attached hydrogens (tertiary/aromatic N) is 1. The minimum Gasteiger partial charge on any atom is -0.349 e. The molecule has 0 aliphatic carbocycles. The van der Waals surface area contributed by atoms with Crippen LogP contribution in [0.4, 0.5) is 0 Å². The summed E-state index contributed by atoms with van der Waals surface area (Å²) < 4.78 is 23.8. The number of nitrogens with one attached hydrogen (secondary N) is 1. The molecule has 1 saturated heterocycles. The molecule has 2 aliphatic heterocycles. The molecule has 1 fully saturated rings. The third kappa shape index (κ3) is 3.89. The van der Waals surface area contributed by atoms with Gasteiger partial charge in [-0.25, -0.2) is 8.42 Å². The minimum absolute atomic E-state index is 0.0477. The number of carbonyl (C=O) groups is 1. The maximum Gasteiger partial charge on any atom is 0.230 e. The first-order valence-electron chi connectivity index (χ1n) is 5.70. The Kier molecular flexibility index (Phi) is 4.28. The van der Waals surface area contributed by atoms with Crippen molar-refractivity contribution in [2.75, 3.05) is 29.6 Å². The molecule has 0 unspecified atom stereocenters. The third-order valence-electron chi connectivity index (χ3n) is 2.83. The van der Waals surface area contributed by atoms with Crippen LogP contribution in [0.3, 0.4) is 0 Å². The highest BCUT2D eigenvalue weighted by atomic mass is 32.2. The average molecular weight is 308 g/mol. The molecule has 0 aromatic heterocycles. The molecule has 1 N–H and O–H groups in total. The van der Waals surface area contributed by atoms with Crippen LogP contribution in [0.15, 0.2) is 4.99 Å². The van der Waals surface area contributed by atoms with Crippen LogP contribution in [-0.4, -0.2) is 53.8 Å². The fraction of sp³-hybridized carbons (Fsp3) is 0.800. The van der Waals surface area contributed by atoms with Crippen LogP contribution in [0.2, 0.25) is 0 Å². The fourth-order valence-electron chi connectivity index (χ4n) is 2.01. The predicted octanol–water partition coefficient (Wildman–Crippen LogP) is 0.516. The Labute approximate surface area is 115 Å². The standard InChI is InChI=1S/C10H16N2O3S3/c1-10(2-5-18(14,15)7-10)12-8(13)6-17-9-11-3-4-16-9/h2-7H2,1H3,(H,12,13)/t10-/m0/s1. The number of rotatable bonds is 3. The van der Waals surface area contributed by atoms with Gasteiger partial charge in [0.25, 0.3) is 0 Å². The average Bonchev–Trinajstić information content (AvgIpc) is 2.84. The highest BCUT2D eigenvalue weighted by Gasteiger charge is 2.39. The number of sulfone groups is 1. The van der Waals surface area contributed by atoms with E-state index < -0.39 is 15.4 Å². The number of aliphatic imine (C=N–C) groups is 1. The van der Waals surface area contributed by atoms with Crippen molar-refractivity contribution >= 4 is 43.6 Å². The van der Waals surface area contributed by atoms with Gasteiger partial charge in [0.05, 0.1) is 29.3 Å². The molecule has 1 amide bonds. The summed E-state index contributed by atoms with van der Waals surface area (Å²) in [5.74, 6) is 1.39. The van der Waals surface area contributed by atoms with Crippen molar-refractivity contribution in [2.45, 2.75) is 18.9 Å². The second-order valence-corrected chi connectivity index (χ2v) is 9.23. The van der Waals surface area contributed by atoms with Gasteiger partial charge in [0.1, 0.15) is 4.38 Å². The normalized spacial score (nSPS) is 30.2. The van der Waals surface area contributed by atoms with Crippen LogP contribution in [0.25, 0.3) is 0 Å². The van der Waals surface area contributed by atoms with E-state index in [0.29, 0.717) is 12.2 Å². The van der Waals surface area contributed by atoms with Crippen molar-refractivity contribution in [3.63, 3.8) is 0 Å². The van der Waals surface area contributed by atoms with Crippen molar-refractivity contribution < 1.29 is 13.2 Å². The van der Waals surface area contributed by atoms with E-state index in [1.54, 1.807) is 18.7 Å². The van der Waals surface area contributed by atoms with Crippen LogP contribution in [-0.2, 0) is 14.6 Å². The second-order valence-electron chi connectivity index (χ2n) is 4.74. The van der Waals surface area contributed by atoms with Gasteiger partial charge in [-0.1, -0.05) is 23.5 Å². The quantitative estimate of drug-likeness (QED) is 0.822. The molecule has 0 saturated carbocycles. The smallest absolute Gasteiger partial charge is 0.230 e. The number of carbonyl (C=O) groups excluding carboxylic acids is 1. The summed E-state index contributed by atoms with van der Waals surface area (Å²) in [6.45, 7) is 2.62. The van der Waals surface area contributed by atoms with E-state index in [4.69, 9.17) is 0 Å². The Morgan fingerprint density at radius 1 is 1.61 bits per heavy atom. The lowest BCUT2D eigenvalue weighted by molar-refractivity contribution is -0.120. The molecule has 0 bridgehead atoms. The van der Waals surface area contributed by atoms with Gasteiger partial charge >= 0.3 is 0 Å². The summed E-state index contributed by atoms with van der Waals surface area (Å²) in [6, 6.07) is 0. The molecule has 8 heteroatoms. The van der Waals surface area contributed by atoms with E-state index in [2.05, 4.69) is 10.3 Å². The lowest BCUT2D eigenvalue weighted by Crippen LogP contribution is -2.47. The van der Waals surface area contributed by atoms with Crippen LogP contribution in [0.5, 0.6) is 0 Å². The predicted molar refractivity (Wildman–Crippen MR) is 77.0 cm³/mol. The molecule has 102 valence electrons. The van der Waals surface area contributed by atoms with Crippen molar-refractivity contribution in [3.8, 4) is 0 Å². The van der Waals surface area contributed by atoms with E-state index in [-0.39, 0.29) is 17.4 Å². The van der Waals surface area contributed by atoms with Gasteiger partial charge in [-0.05, 0) is 13.3 Å². The topological polar surface area (TPSA) is 75.6 Å². The zero-order chi connectivity index (χ0) is 13.2. The zero-order valence-corrected chi connectivity index (χ0v) is 12.6. The van der Waals surface area contributed by atoms with Gasteiger partial charge in [-0.3, -0.25) is 9.79 Å². The molecule has 2 heterocycles. The molecular weight excluding hydrogens is 292 g/mol. The van der Waals surface area contributed by atoms with Gasteiger partial charge in [0, 0.05) is 5.75 Å². The summed E-state index contributed by atoms with van der Waals surface area (Å²) in [4.78, 5) is 16.0. The zero-order valence-electron chi connectivity index (χ0n) is 10.1. The maximum atomic E-state index is 11.8. The van der Waals surface area contributed by atoms with Crippen molar-refractivity contribution in [3.05, 3.63) is 0 Å². The largest absolute Gasteiger partial charge is 0.349 e. The molecule has 1 atom stereocenters. The lowest BCUT2D eigenvalue weighted by Gasteiger charge is -2.23. The Bertz CT molecular complexity index is 475. The third-order valence-corrected chi connectivity index (χ3v) is 6.98. The van der Waals surface area contributed by atoms with Gasteiger partial charge in [0.2, 0.25) is 5.91 Å². The van der Waals surface area contributed by atoms with Crippen LogP contribution in [0, 0.1) is 0 Å². The highest BCUT2D eigenvalue weighted by molar-refractivity contribution is 8.39. The molecule has 0 spiro atoms. The van der Waals surface area contributed by atoms with Gasteiger partial charge in [-0.15, -0.1) is 0 Å². The summed E-state index contributed by atoms with van der Waals surface area (Å²) in [5, 5.41) is 2.83. The van der Waals surface area contributed by atoms with E-state index in [0.717, 1.165) is 16.7 Å². The first-order chi connectivity index (χ1) is 8.39. The van der Waals surface area contributed by atoms with Crippen molar-refractivity contribution in [1.29, 1.82) is 0 Å². The Balaban J connectivity index is 1.80. The van der Waals surface area contributed by atoms with Crippen LogP contribution >= 0.6 is 23.5 Å². The molecule has 0 aromatic rings. The number of hydrogen-bond acceptors (Lipinski definition) is 6. The molecule has 2 rings (SSSR count). The van der Waals surface area contributed by atoms with Crippen LogP contribution < -0.4 is 5.32 Å². The molecule has 18 heavy (non-hydrogen) atoms. The van der Waals surface area contributed by atoms with Gasteiger partial charge in [0.15, 0.2) is 9.84 Å². The first kappa shape index (κ1) is 14.2. The minimum atomic E-state index is -2.98. The molecule has 0 radical (unpaired) electrons. The maximum absolute atomic E-state index is 11.8. The molecule has 2 aliphatic rings. The summed E-state index contributed by atoms with van der Waals surface area (Å²) >= 11 is 3.09. The van der Waals surface area contributed by atoms with E-state index >= 15 is 0 Å². The van der Waals surface area contributed by atoms with Crippen molar-refractivity contribution in [2.24, 2.45) is 4.99 Å². The highest BCUT2D eigenvalue weighted by Crippen LogP contribution is 2.24. The lowest BCUT2D eigenvalue weighted by atomic mass is 10.0. The first-order valence-corrected chi connectivity index (χ1v) is 9.49. The van der Waals surface area contributed by atoms with Crippen molar-refractivity contribution in [1.82, 2.24) is 5.32 Å². The number of amides is 1. The summed E-state index contributed by atoms with van der Waals surface area (Å²) in [5.41, 5.74) is -0.596. The monoisotopic (exact) mass is 308 g/mol. The summed E-state index contributed by atoms with van der Waals surface area (Å²) in [6.07, 6.45) is 0.501. The fourth-order valence-corrected chi connectivity index (χ4v) is 5.91. The SMILES string of the molecule is C[C@]1(NC(=O)CSC2=NCCS2)CCS(=O)(=O)C1. The molecule has 5 nitrogen and oxygen atoms in total. The van der Waals surface area contributed by atoms with E-state index in [1.165, 1.54) is 11.8 Å². The second kappa shape index (κ2) is 5.42. The Morgan fingerprint density at radius 2 is 2.39 bits per heavy atom. The number of hydrogen-bond donors (Lipinski definition) is 1. The Hall–Kier alpha value is -0.210. The Morgan fingerprint density at radius 3 is 2.94 bits per heavy atom. The van der Waals surface area contributed by atoms with Gasteiger partial charge < -0.3 is 5.32 Å². The molecule has 0 aromatic carbocycles. The number of thioether (sulfide) groups is 2. The molecular formula is C10H16N2O3S3.